The molecule has 6 N–H and O–H groups in total. The lowest BCUT2D eigenvalue weighted by Gasteiger charge is -2.39. The van der Waals surface area contributed by atoms with E-state index in [9.17, 15) is 30.0 Å². The van der Waals surface area contributed by atoms with Gasteiger partial charge in [0.1, 0.15) is 30.2 Å². The fraction of sp³-hybridized carbons (Fsp3) is 0.500. The molecule has 1 saturated heterocycles. The average Bonchev–Trinajstić information content (AvgIpc) is 2.91. The summed E-state index contributed by atoms with van der Waals surface area (Å²) in [5, 5.41) is 50.4. The molecule has 0 bridgehead atoms. The van der Waals surface area contributed by atoms with Crippen molar-refractivity contribution in [2.24, 2.45) is 0 Å². The van der Waals surface area contributed by atoms with Gasteiger partial charge in [0.2, 0.25) is 12.2 Å². The molecule has 1 amide bonds. The van der Waals surface area contributed by atoms with Crippen molar-refractivity contribution < 1.29 is 44.6 Å². The largest absolute Gasteiger partial charge is 0.481 e. The van der Waals surface area contributed by atoms with E-state index in [0.717, 1.165) is 0 Å². The first-order valence-electron chi connectivity index (χ1n) is 7.96. The highest BCUT2D eigenvalue weighted by Gasteiger charge is 2.45. The molecule has 6 unspecified atom stereocenters. The van der Waals surface area contributed by atoms with Crippen LogP contribution in [0, 0.1) is 0 Å². The number of ether oxygens (including phenoxy) is 2. The molecule has 0 radical (unpaired) electrons. The number of aliphatic hydroxyl groups is 4. The second-order valence-electron chi connectivity index (χ2n) is 6.18. The second-order valence-corrected chi connectivity index (χ2v) is 6.18. The van der Waals surface area contributed by atoms with Gasteiger partial charge in [0, 0.05) is 0 Å². The van der Waals surface area contributed by atoms with Crippen LogP contribution in [0.15, 0.2) is 18.2 Å². The highest BCUT2D eigenvalue weighted by molar-refractivity contribution is 6.05. The van der Waals surface area contributed by atoms with Crippen molar-refractivity contribution in [3.05, 3.63) is 23.8 Å². The summed E-state index contributed by atoms with van der Waals surface area (Å²) in [6, 6.07) is 4.61. The van der Waals surface area contributed by atoms with E-state index in [0.29, 0.717) is 5.56 Å². The summed E-state index contributed by atoms with van der Waals surface area (Å²) in [5.41, 5.74) is 0.681. The van der Waals surface area contributed by atoms with Crippen LogP contribution >= 0.6 is 0 Å². The SMILES string of the molecule is O=C(O)CC1C(=O)Nc2c(OC3OC(CO)C(O)C(O)C3O)cccc21. The molecule has 10 nitrogen and oxygen atoms in total. The van der Waals surface area contributed by atoms with Crippen LogP contribution < -0.4 is 10.1 Å². The standard InChI is InChI=1S/C16H19NO9/c18-5-9-12(21)13(22)14(23)16(26-9)25-8-3-1-2-6-7(4-10(19)20)15(24)17-11(6)8/h1-3,7,9,12-14,16,18,21-23H,4-5H2,(H,17,24)(H,19,20). The minimum absolute atomic E-state index is 0.105. The highest BCUT2D eigenvalue weighted by atomic mass is 16.7. The third-order valence-corrected chi connectivity index (χ3v) is 4.47. The van der Waals surface area contributed by atoms with Gasteiger partial charge in [-0.05, 0) is 11.6 Å². The van der Waals surface area contributed by atoms with Gasteiger partial charge in [0.15, 0.2) is 0 Å². The Kier molecular flexibility index (Phi) is 5.12. The van der Waals surface area contributed by atoms with E-state index < -0.39 is 55.1 Å². The van der Waals surface area contributed by atoms with Crippen molar-refractivity contribution in [3.63, 3.8) is 0 Å². The van der Waals surface area contributed by atoms with Crippen LogP contribution in [0.4, 0.5) is 5.69 Å². The number of carbonyl (C=O) groups excluding carboxylic acids is 1. The molecule has 26 heavy (non-hydrogen) atoms. The van der Waals surface area contributed by atoms with Crippen molar-refractivity contribution in [3.8, 4) is 5.75 Å². The lowest BCUT2D eigenvalue weighted by Crippen LogP contribution is -2.60. The summed E-state index contributed by atoms with van der Waals surface area (Å²) in [6.07, 6.45) is -7.65. The number of rotatable bonds is 5. The molecule has 2 heterocycles. The third kappa shape index (κ3) is 3.24. The Bertz CT molecular complexity index is 707. The first-order valence-corrected chi connectivity index (χ1v) is 7.96. The van der Waals surface area contributed by atoms with Crippen LogP contribution in [0.2, 0.25) is 0 Å². The number of fused-ring (bicyclic) bond motifs is 1. The van der Waals surface area contributed by atoms with Gasteiger partial charge in [-0.1, -0.05) is 12.1 Å². The number of carboxylic acid groups (broad SMARTS) is 1. The molecule has 0 aromatic heterocycles. The van der Waals surface area contributed by atoms with Gasteiger partial charge < -0.3 is 40.3 Å². The van der Waals surface area contributed by atoms with Gasteiger partial charge in [0.25, 0.3) is 0 Å². The maximum Gasteiger partial charge on any atom is 0.304 e. The zero-order chi connectivity index (χ0) is 19.0. The zero-order valence-corrected chi connectivity index (χ0v) is 13.5. The number of carboxylic acids is 1. The predicted octanol–water partition coefficient (Wildman–Crippen LogP) is -1.62. The van der Waals surface area contributed by atoms with Gasteiger partial charge in [-0.25, -0.2) is 0 Å². The Hall–Kier alpha value is -2.24. The van der Waals surface area contributed by atoms with Crippen molar-refractivity contribution >= 4 is 17.6 Å². The van der Waals surface area contributed by atoms with E-state index in [2.05, 4.69) is 5.32 Å². The van der Waals surface area contributed by atoms with Gasteiger partial charge in [-0.2, -0.15) is 0 Å². The summed E-state index contributed by atoms with van der Waals surface area (Å²) in [6.45, 7) is -0.602. The third-order valence-electron chi connectivity index (χ3n) is 4.47. The molecule has 1 aromatic carbocycles. The summed E-state index contributed by atoms with van der Waals surface area (Å²) in [5.74, 6) is -2.39. The number of aliphatic carboxylic acids is 1. The normalized spacial score (nSPS) is 33.5. The Morgan fingerprint density at radius 3 is 2.58 bits per heavy atom. The predicted molar refractivity (Wildman–Crippen MR) is 84.5 cm³/mol. The van der Waals surface area contributed by atoms with E-state index in [1.165, 1.54) is 6.07 Å². The van der Waals surface area contributed by atoms with E-state index >= 15 is 0 Å². The molecule has 2 aliphatic heterocycles. The van der Waals surface area contributed by atoms with Crippen molar-refractivity contribution in [2.75, 3.05) is 11.9 Å². The molecule has 0 aliphatic carbocycles. The Morgan fingerprint density at radius 1 is 1.19 bits per heavy atom. The van der Waals surface area contributed by atoms with Crippen LogP contribution in [-0.4, -0.2) is 74.7 Å². The number of para-hydroxylation sites is 1. The molecule has 1 fully saturated rings. The number of hydrogen-bond donors (Lipinski definition) is 6. The maximum atomic E-state index is 12.1. The number of amides is 1. The molecule has 3 rings (SSSR count). The average molecular weight is 369 g/mol. The Morgan fingerprint density at radius 2 is 1.92 bits per heavy atom. The fourth-order valence-electron chi connectivity index (χ4n) is 3.09. The Balaban J connectivity index is 1.85. The molecular formula is C16H19NO9. The number of nitrogens with one attached hydrogen (secondary N) is 1. The summed E-state index contributed by atoms with van der Waals surface area (Å²) < 4.78 is 10.8. The second kappa shape index (κ2) is 7.17. The molecule has 2 aliphatic rings. The van der Waals surface area contributed by atoms with E-state index in [1.807, 2.05) is 0 Å². The molecule has 142 valence electrons. The topological polar surface area (TPSA) is 166 Å². The number of aliphatic hydroxyl groups excluding tert-OH is 4. The van der Waals surface area contributed by atoms with Crippen LogP contribution in [0.1, 0.15) is 17.9 Å². The fourth-order valence-corrected chi connectivity index (χ4v) is 3.09. The van der Waals surface area contributed by atoms with Crippen molar-refractivity contribution in [1.82, 2.24) is 0 Å². The first kappa shape index (κ1) is 18.5. The number of anilines is 1. The minimum atomic E-state index is -1.60. The van der Waals surface area contributed by atoms with Crippen molar-refractivity contribution in [2.45, 2.75) is 43.0 Å². The van der Waals surface area contributed by atoms with Crippen LogP contribution in [0.5, 0.6) is 5.75 Å². The molecule has 1 aromatic rings. The minimum Gasteiger partial charge on any atom is -0.481 e. The number of carbonyl (C=O) groups is 2. The summed E-state index contributed by atoms with van der Waals surface area (Å²) in [7, 11) is 0. The van der Waals surface area contributed by atoms with Gasteiger partial charge in [-0.3, -0.25) is 9.59 Å². The number of benzene rings is 1. The number of hydrogen-bond acceptors (Lipinski definition) is 8. The Labute approximate surface area is 147 Å². The molecule has 0 spiro atoms. The van der Waals surface area contributed by atoms with Crippen LogP contribution in [-0.2, 0) is 14.3 Å². The van der Waals surface area contributed by atoms with Gasteiger partial charge in [0.05, 0.1) is 24.6 Å². The molecular weight excluding hydrogens is 350 g/mol. The zero-order valence-electron chi connectivity index (χ0n) is 13.5. The lowest BCUT2D eigenvalue weighted by atomic mass is 9.97. The van der Waals surface area contributed by atoms with E-state index in [-0.39, 0.29) is 17.9 Å². The molecule has 0 saturated carbocycles. The van der Waals surface area contributed by atoms with Gasteiger partial charge >= 0.3 is 5.97 Å². The molecule has 6 atom stereocenters. The van der Waals surface area contributed by atoms with E-state index in [1.54, 1.807) is 12.1 Å². The van der Waals surface area contributed by atoms with Crippen LogP contribution in [0.3, 0.4) is 0 Å². The first-order chi connectivity index (χ1) is 12.3. The van der Waals surface area contributed by atoms with Gasteiger partial charge in [-0.15, -0.1) is 0 Å². The lowest BCUT2D eigenvalue weighted by molar-refractivity contribution is -0.277. The van der Waals surface area contributed by atoms with E-state index in [4.69, 9.17) is 14.6 Å². The quantitative estimate of drug-likeness (QED) is 0.357. The smallest absolute Gasteiger partial charge is 0.304 e. The van der Waals surface area contributed by atoms with Crippen LogP contribution in [0.25, 0.3) is 0 Å². The molecule has 10 heteroatoms. The maximum absolute atomic E-state index is 12.1. The summed E-state index contributed by atoms with van der Waals surface area (Å²) in [4.78, 5) is 23.0. The monoisotopic (exact) mass is 369 g/mol. The van der Waals surface area contributed by atoms with Crippen molar-refractivity contribution in [1.29, 1.82) is 0 Å². The summed E-state index contributed by atoms with van der Waals surface area (Å²) >= 11 is 0. The highest BCUT2D eigenvalue weighted by Crippen LogP contribution is 2.41.